The van der Waals surface area contributed by atoms with Gasteiger partial charge in [-0.25, -0.2) is 33.7 Å². The van der Waals surface area contributed by atoms with Crippen molar-refractivity contribution < 1.29 is 88.0 Å². The van der Waals surface area contributed by atoms with Crippen LogP contribution in [0.25, 0.3) is 21.5 Å². The molecule has 69 heavy (non-hydrogen) atoms. The Morgan fingerprint density at radius 2 is 0.768 bits per heavy atom. The minimum absolute atomic E-state index is 0. The molecule has 0 fully saturated rings. The molecule has 0 amide bonds. The maximum absolute atomic E-state index is 12.7. The zero-order valence-electron chi connectivity index (χ0n) is 34.3. The van der Waals surface area contributed by atoms with Crippen molar-refractivity contribution in [2.24, 2.45) is 20.5 Å². The van der Waals surface area contributed by atoms with Crippen molar-refractivity contribution in [3.05, 3.63) is 94.0 Å². The van der Waals surface area contributed by atoms with E-state index in [-0.39, 0.29) is 189 Å². The first-order valence-corrected chi connectivity index (χ1v) is 26.0. The maximum atomic E-state index is 12.7. The summed E-state index contributed by atoms with van der Waals surface area (Å²) in [5, 5.41) is 38.6. The van der Waals surface area contributed by atoms with Crippen LogP contribution in [0.15, 0.2) is 123 Å². The van der Waals surface area contributed by atoms with E-state index in [1.807, 2.05) is 0 Å². The van der Waals surface area contributed by atoms with E-state index < -0.39 is 124 Å². The Morgan fingerprint density at radius 1 is 0.435 bits per heavy atom. The Labute approximate surface area is 522 Å². The molecule has 0 heterocycles. The fourth-order valence-electron chi connectivity index (χ4n) is 5.59. The summed E-state index contributed by atoms with van der Waals surface area (Å²) in [5.41, 5.74) is -2.13. The summed E-state index contributed by atoms with van der Waals surface area (Å²) in [6.07, 6.45) is 0. The molecule has 0 saturated carbocycles. The number of azo groups is 2. The number of hydrogen-bond acceptors (Lipinski definition) is 22. The van der Waals surface area contributed by atoms with Gasteiger partial charge in [-0.05, 0) is 96.4 Å². The van der Waals surface area contributed by atoms with Crippen LogP contribution in [0.4, 0.5) is 22.7 Å². The van der Waals surface area contributed by atoms with E-state index in [9.17, 15) is 88.0 Å². The summed E-state index contributed by atoms with van der Waals surface area (Å²) in [6, 6.07) is 10.2. The first-order chi connectivity index (χ1) is 30.0. The van der Waals surface area contributed by atoms with E-state index in [0.29, 0.717) is 12.1 Å². The van der Waals surface area contributed by atoms with Crippen LogP contribution in [-0.2, 0) is 60.7 Å². The summed E-state index contributed by atoms with van der Waals surface area (Å²) >= 11 is 11.9. The summed E-state index contributed by atoms with van der Waals surface area (Å²) in [7, 11) is -30.3. The molecular weight excluding hydrogens is 1460 g/mol. The van der Waals surface area contributed by atoms with Gasteiger partial charge in [-0.2, -0.15) is 27.1 Å². The van der Waals surface area contributed by atoms with Gasteiger partial charge in [-0.1, -0.05) is 46.8 Å². The molecule has 2 N–H and O–H groups in total. The fraction of sp³-hybridized carbons (Fsp3) is 0.0588. The van der Waals surface area contributed by atoms with E-state index in [2.05, 4.69) is 20.5 Å². The van der Waals surface area contributed by atoms with Crippen LogP contribution in [0, 0.1) is 13.8 Å². The molecular formula is C34H20Ba3Cl2N4O20S6. The van der Waals surface area contributed by atoms with Crippen molar-refractivity contribution in [1.29, 1.82) is 0 Å². The van der Waals surface area contributed by atoms with E-state index >= 15 is 0 Å². The van der Waals surface area contributed by atoms with E-state index in [4.69, 9.17) is 23.2 Å². The van der Waals surface area contributed by atoms with E-state index in [1.54, 1.807) is 0 Å². The predicted octanol–water partition coefficient (Wildman–Crippen LogP) is 3.55. The third kappa shape index (κ3) is 15.7. The van der Waals surface area contributed by atoms with E-state index in [1.165, 1.54) is 13.8 Å². The average molecular weight is 1480 g/mol. The monoisotopic (exact) mass is 1480 g/mol. The number of nitrogens with zero attached hydrogens (tertiary/aromatic N) is 4. The summed E-state index contributed by atoms with van der Waals surface area (Å²) < 4.78 is 202. The molecule has 0 aliphatic carbocycles. The Hall–Kier alpha value is -0.606. The molecule has 0 spiro atoms. The number of rotatable bonds is 10. The Morgan fingerprint density at radius 3 is 1.12 bits per heavy atom. The van der Waals surface area contributed by atoms with Gasteiger partial charge < -0.3 is 28.4 Å². The average Bonchev–Trinajstić information content (AvgIpc) is 3.16. The smallest absolute Gasteiger partial charge is 0.870 e. The minimum Gasteiger partial charge on any atom is -0.870 e. The number of aryl methyl sites for hydroxylation is 2. The van der Waals surface area contributed by atoms with Crippen LogP contribution in [-0.4, -0.2) is 224 Å². The van der Waals surface area contributed by atoms with Gasteiger partial charge in [0.25, 0.3) is 20.2 Å². The van der Waals surface area contributed by atoms with Gasteiger partial charge in [0.15, 0.2) is 0 Å². The summed E-state index contributed by atoms with van der Waals surface area (Å²) in [5.74, 6) is -2.78. The van der Waals surface area contributed by atoms with Gasteiger partial charge in [0.2, 0.25) is 0 Å². The Kier molecular flexibility index (Phi) is 22.4. The van der Waals surface area contributed by atoms with Gasteiger partial charge in [-0.15, -0.1) is 10.2 Å². The second-order valence-electron chi connectivity index (χ2n) is 13.2. The number of halogens is 2. The second-order valence-corrected chi connectivity index (χ2v) is 22.2. The molecule has 6 aromatic rings. The topological polar surface area (TPSA) is 433 Å². The predicted molar refractivity (Wildman–Crippen MR) is 236 cm³/mol. The SMILES string of the molecule is Cc1cc(S(=O)(=O)O)c(N=Nc2c([O-])c(S(=O)(=O)O)cc3cc(S(=O)(=O)[O-])ccc23)cc1Cl.Cc1cc(S(=O)(=O)[O-])c(N=Nc2c([O-])c(S(=O)(=O)[O-])cc3cc(S(=O)(=O)[O-])ccc23)cc1Cl.[Ba+2].[Ba+2].[Ba+2]. The van der Waals surface area contributed by atoms with Crippen LogP contribution < -0.4 is 10.2 Å². The number of fused-ring (bicyclic) bond motifs is 2. The third-order valence-corrected chi connectivity index (χ3v) is 14.6. The van der Waals surface area contributed by atoms with Crippen molar-refractivity contribution in [1.82, 2.24) is 0 Å². The second kappa shape index (κ2) is 23.9. The summed E-state index contributed by atoms with van der Waals surface area (Å²) in [6.45, 7) is 2.85. The molecule has 35 heteroatoms. The molecule has 352 valence electrons. The van der Waals surface area contributed by atoms with Gasteiger partial charge in [0.1, 0.15) is 56.7 Å². The molecule has 6 rings (SSSR count). The van der Waals surface area contributed by atoms with Crippen molar-refractivity contribution in [3.63, 3.8) is 0 Å². The Balaban J connectivity index is 0.000000454. The van der Waals surface area contributed by atoms with Crippen molar-refractivity contribution in [2.75, 3.05) is 0 Å². The standard InChI is InChI=1S/2C17H13ClN2O10S3.3Ba/c2*1-8-4-14(32(25,26)27)13(7-12(8)18)19-20-16-11-3-2-10(31(22,23)24)5-9(11)6-15(17(16)21)33(28,29)30;;;/h2*2-7,21H,1H3,(H,22,23,24)(H,25,26,27)(H,28,29,30);;;/q;;3*+2/p-6. The molecule has 24 nitrogen and oxygen atoms in total. The maximum Gasteiger partial charge on any atom is 2.00 e. The molecule has 6 aromatic carbocycles. The van der Waals surface area contributed by atoms with Crippen LogP contribution in [0.1, 0.15) is 11.1 Å². The molecule has 0 bridgehead atoms. The van der Waals surface area contributed by atoms with Gasteiger partial charge in [-0.3, -0.25) is 9.11 Å². The summed E-state index contributed by atoms with van der Waals surface area (Å²) in [4.78, 5) is -5.59. The molecule has 0 aliphatic heterocycles. The van der Waals surface area contributed by atoms with Crippen LogP contribution in [0.3, 0.4) is 0 Å². The normalized spacial score (nSPS) is 12.6. The zero-order valence-corrected chi connectivity index (χ0v) is 54.0. The first kappa shape index (κ1) is 64.5. The van der Waals surface area contributed by atoms with Gasteiger partial charge in [0.05, 0.1) is 31.0 Å². The molecule has 0 saturated heterocycles. The van der Waals surface area contributed by atoms with Gasteiger partial charge in [0, 0.05) is 25.7 Å². The van der Waals surface area contributed by atoms with Crippen LogP contribution >= 0.6 is 23.2 Å². The molecule has 0 atom stereocenters. The molecule has 0 radical (unpaired) electrons. The van der Waals surface area contributed by atoms with Crippen molar-refractivity contribution in [2.45, 2.75) is 43.2 Å². The zero-order chi connectivity index (χ0) is 49.9. The molecule has 0 aliphatic rings. The number of benzene rings is 6. The Bertz CT molecular complexity index is 3600. The minimum atomic E-state index is -5.38. The largest absolute Gasteiger partial charge is 2.00 e. The molecule has 0 unspecified atom stereocenters. The van der Waals surface area contributed by atoms with Crippen molar-refractivity contribution >= 4 is 275 Å². The molecule has 0 aromatic heterocycles. The van der Waals surface area contributed by atoms with Crippen LogP contribution in [0.2, 0.25) is 10.0 Å². The fourth-order valence-corrected chi connectivity index (χ4v) is 9.49. The van der Waals surface area contributed by atoms with Crippen molar-refractivity contribution in [3.8, 4) is 11.5 Å². The third-order valence-electron chi connectivity index (χ3n) is 8.67. The quantitative estimate of drug-likeness (QED) is 0.112. The van der Waals surface area contributed by atoms with E-state index in [0.717, 1.165) is 60.7 Å². The number of hydrogen-bond donors (Lipinski definition) is 2. The first-order valence-electron chi connectivity index (χ1n) is 16.8. The van der Waals surface area contributed by atoms with Gasteiger partial charge >= 0.3 is 147 Å². The van der Waals surface area contributed by atoms with Crippen LogP contribution in [0.5, 0.6) is 11.5 Å².